The van der Waals surface area contributed by atoms with Crippen molar-refractivity contribution in [3.05, 3.63) is 41.5 Å². The number of aromatic amines is 1. The molecule has 2 N–H and O–H groups in total. The van der Waals surface area contributed by atoms with Gasteiger partial charge in [-0.05, 0) is 38.5 Å². The summed E-state index contributed by atoms with van der Waals surface area (Å²) in [6.07, 6.45) is 0.166. The molecule has 6 heteroatoms. The SMILES string of the molecule is CCOc1cccc(C(C)NC(=O)Cc2n[nH]c(C)n2)c1. The second-order valence-electron chi connectivity index (χ2n) is 4.81. The van der Waals surface area contributed by atoms with Gasteiger partial charge in [-0.15, -0.1) is 0 Å². The minimum absolute atomic E-state index is 0.0991. The number of carbonyl (C=O) groups is 1. The van der Waals surface area contributed by atoms with E-state index in [1.54, 1.807) is 6.92 Å². The van der Waals surface area contributed by atoms with Crippen LogP contribution in [0.25, 0.3) is 0 Å². The van der Waals surface area contributed by atoms with E-state index in [-0.39, 0.29) is 18.4 Å². The summed E-state index contributed by atoms with van der Waals surface area (Å²) in [7, 11) is 0. The number of H-pyrrole nitrogens is 1. The minimum atomic E-state index is -0.108. The molecule has 0 spiro atoms. The Balaban J connectivity index is 1.95. The Labute approximate surface area is 123 Å². The van der Waals surface area contributed by atoms with E-state index in [0.29, 0.717) is 18.3 Å². The lowest BCUT2D eigenvalue weighted by molar-refractivity contribution is -0.121. The van der Waals surface area contributed by atoms with Gasteiger partial charge in [-0.2, -0.15) is 5.10 Å². The van der Waals surface area contributed by atoms with Crippen molar-refractivity contribution < 1.29 is 9.53 Å². The molecule has 0 aliphatic rings. The Morgan fingerprint density at radius 1 is 1.48 bits per heavy atom. The molecule has 0 fully saturated rings. The second kappa shape index (κ2) is 6.88. The number of aromatic nitrogens is 3. The fraction of sp³-hybridized carbons (Fsp3) is 0.400. The number of hydrogen-bond acceptors (Lipinski definition) is 4. The average molecular weight is 288 g/mol. The van der Waals surface area contributed by atoms with E-state index in [1.807, 2.05) is 38.1 Å². The number of amides is 1. The lowest BCUT2D eigenvalue weighted by Gasteiger charge is -2.15. The normalized spacial score (nSPS) is 12.0. The summed E-state index contributed by atoms with van der Waals surface area (Å²) in [4.78, 5) is 16.1. The Kier molecular flexibility index (Phi) is 4.92. The smallest absolute Gasteiger partial charge is 0.228 e. The van der Waals surface area contributed by atoms with E-state index in [2.05, 4.69) is 20.5 Å². The monoisotopic (exact) mass is 288 g/mol. The molecule has 1 atom stereocenters. The van der Waals surface area contributed by atoms with Gasteiger partial charge < -0.3 is 10.1 Å². The van der Waals surface area contributed by atoms with Gasteiger partial charge in [0.25, 0.3) is 0 Å². The fourth-order valence-corrected chi connectivity index (χ4v) is 2.03. The van der Waals surface area contributed by atoms with Crippen molar-refractivity contribution in [3.8, 4) is 5.75 Å². The molecule has 21 heavy (non-hydrogen) atoms. The maximum atomic E-state index is 12.0. The first-order chi connectivity index (χ1) is 10.1. The summed E-state index contributed by atoms with van der Waals surface area (Å²) in [5.74, 6) is 1.90. The van der Waals surface area contributed by atoms with E-state index in [9.17, 15) is 4.79 Å². The maximum Gasteiger partial charge on any atom is 0.228 e. The van der Waals surface area contributed by atoms with Crippen LogP contribution in [0.4, 0.5) is 0 Å². The quantitative estimate of drug-likeness (QED) is 0.851. The molecule has 1 heterocycles. The van der Waals surface area contributed by atoms with Crippen LogP contribution >= 0.6 is 0 Å². The molecular formula is C15H20N4O2. The molecule has 2 aromatic rings. The number of benzene rings is 1. The summed E-state index contributed by atoms with van der Waals surface area (Å²) in [6, 6.07) is 7.62. The lowest BCUT2D eigenvalue weighted by Crippen LogP contribution is -2.28. The molecule has 1 unspecified atom stereocenters. The molecule has 1 aromatic carbocycles. The van der Waals surface area contributed by atoms with Crippen molar-refractivity contribution in [2.45, 2.75) is 33.2 Å². The largest absolute Gasteiger partial charge is 0.494 e. The van der Waals surface area contributed by atoms with Gasteiger partial charge in [0.05, 0.1) is 19.1 Å². The highest BCUT2D eigenvalue weighted by Crippen LogP contribution is 2.19. The van der Waals surface area contributed by atoms with Gasteiger partial charge in [0.15, 0.2) is 5.82 Å². The first-order valence-corrected chi connectivity index (χ1v) is 6.98. The van der Waals surface area contributed by atoms with Gasteiger partial charge in [0.1, 0.15) is 11.6 Å². The van der Waals surface area contributed by atoms with Crippen LogP contribution in [0.5, 0.6) is 5.75 Å². The van der Waals surface area contributed by atoms with Crippen LogP contribution in [0, 0.1) is 6.92 Å². The highest BCUT2D eigenvalue weighted by atomic mass is 16.5. The average Bonchev–Trinajstić information content (AvgIpc) is 2.84. The van der Waals surface area contributed by atoms with Crippen molar-refractivity contribution in [2.75, 3.05) is 6.61 Å². The van der Waals surface area contributed by atoms with Crippen molar-refractivity contribution in [1.82, 2.24) is 20.5 Å². The van der Waals surface area contributed by atoms with E-state index in [0.717, 1.165) is 11.3 Å². The number of hydrogen-bond donors (Lipinski definition) is 2. The van der Waals surface area contributed by atoms with Crippen molar-refractivity contribution in [3.63, 3.8) is 0 Å². The number of nitrogens with zero attached hydrogens (tertiary/aromatic N) is 2. The van der Waals surface area contributed by atoms with E-state index in [4.69, 9.17) is 4.74 Å². The fourth-order valence-electron chi connectivity index (χ4n) is 2.03. The highest BCUT2D eigenvalue weighted by Gasteiger charge is 2.12. The molecular weight excluding hydrogens is 268 g/mol. The molecule has 0 aliphatic carbocycles. The Morgan fingerprint density at radius 2 is 2.29 bits per heavy atom. The summed E-state index contributed by atoms with van der Waals surface area (Å²) < 4.78 is 5.46. The summed E-state index contributed by atoms with van der Waals surface area (Å²) in [5.41, 5.74) is 1.00. The van der Waals surface area contributed by atoms with Gasteiger partial charge in [-0.1, -0.05) is 12.1 Å². The van der Waals surface area contributed by atoms with Crippen LogP contribution in [-0.4, -0.2) is 27.7 Å². The third kappa shape index (κ3) is 4.30. The number of rotatable bonds is 6. The van der Waals surface area contributed by atoms with Gasteiger partial charge >= 0.3 is 0 Å². The molecule has 0 radical (unpaired) electrons. The maximum absolute atomic E-state index is 12.0. The second-order valence-corrected chi connectivity index (χ2v) is 4.81. The molecule has 6 nitrogen and oxygen atoms in total. The molecule has 1 aromatic heterocycles. The third-order valence-electron chi connectivity index (χ3n) is 3.01. The van der Waals surface area contributed by atoms with Crippen LogP contribution in [0.15, 0.2) is 24.3 Å². The molecule has 0 aliphatic heterocycles. The molecule has 1 amide bonds. The lowest BCUT2D eigenvalue weighted by atomic mass is 10.1. The first-order valence-electron chi connectivity index (χ1n) is 6.98. The predicted molar refractivity (Wildman–Crippen MR) is 79.0 cm³/mol. The van der Waals surface area contributed by atoms with Crippen molar-refractivity contribution in [1.29, 1.82) is 0 Å². The topological polar surface area (TPSA) is 79.9 Å². The molecule has 0 saturated carbocycles. The zero-order chi connectivity index (χ0) is 15.2. The molecule has 112 valence electrons. The zero-order valence-electron chi connectivity index (χ0n) is 12.5. The minimum Gasteiger partial charge on any atom is -0.494 e. The van der Waals surface area contributed by atoms with Gasteiger partial charge in [0, 0.05) is 0 Å². The highest BCUT2D eigenvalue weighted by molar-refractivity contribution is 5.78. The van der Waals surface area contributed by atoms with Crippen molar-refractivity contribution in [2.24, 2.45) is 0 Å². The number of aryl methyl sites for hydroxylation is 1. The van der Waals surface area contributed by atoms with E-state index in [1.165, 1.54) is 0 Å². The summed E-state index contributed by atoms with van der Waals surface area (Å²) in [6.45, 7) is 6.30. The van der Waals surface area contributed by atoms with Crippen molar-refractivity contribution >= 4 is 5.91 Å². The van der Waals surface area contributed by atoms with Gasteiger partial charge in [0.2, 0.25) is 5.91 Å². The number of ether oxygens (including phenoxy) is 1. The Hall–Kier alpha value is -2.37. The Morgan fingerprint density at radius 3 is 2.95 bits per heavy atom. The van der Waals surface area contributed by atoms with Crippen LogP contribution < -0.4 is 10.1 Å². The number of carbonyl (C=O) groups excluding carboxylic acids is 1. The first kappa shape index (κ1) is 15.0. The van der Waals surface area contributed by atoms with Gasteiger partial charge in [-0.3, -0.25) is 9.89 Å². The molecule has 2 rings (SSSR count). The number of nitrogens with one attached hydrogen (secondary N) is 2. The third-order valence-corrected chi connectivity index (χ3v) is 3.01. The van der Waals surface area contributed by atoms with Crippen LogP contribution in [0.2, 0.25) is 0 Å². The van der Waals surface area contributed by atoms with E-state index >= 15 is 0 Å². The standard InChI is InChI=1S/C15H20N4O2/c1-4-21-13-7-5-6-12(8-13)10(2)16-15(20)9-14-17-11(3)18-19-14/h5-8,10H,4,9H2,1-3H3,(H,16,20)(H,17,18,19). The van der Waals surface area contributed by atoms with Gasteiger partial charge in [-0.25, -0.2) is 4.98 Å². The van der Waals surface area contributed by atoms with Crippen LogP contribution in [0.3, 0.4) is 0 Å². The predicted octanol–water partition coefficient (Wildman–Crippen LogP) is 1.93. The van der Waals surface area contributed by atoms with Crippen LogP contribution in [-0.2, 0) is 11.2 Å². The summed E-state index contributed by atoms with van der Waals surface area (Å²) >= 11 is 0. The molecule has 0 saturated heterocycles. The van der Waals surface area contributed by atoms with Crippen LogP contribution in [0.1, 0.15) is 37.1 Å². The Bertz CT molecular complexity index is 609. The zero-order valence-corrected chi connectivity index (χ0v) is 12.5. The van der Waals surface area contributed by atoms with E-state index < -0.39 is 0 Å². The summed E-state index contributed by atoms with van der Waals surface area (Å²) in [5, 5.41) is 9.62. The molecule has 0 bridgehead atoms.